The Morgan fingerprint density at radius 2 is 0.714 bits per heavy atom. The van der Waals surface area contributed by atoms with Gasteiger partial charge in [0, 0.05) is 0 Å². The standard InChI is InChI=1S/C28H18/c1-3-11-19(12-4-1)25-24-18-10-9-16-22-21-15-7-8-17-23(21)28(27(22)24)26(25)20-13-5-2-6-14-20/h1-18H. The summed E-state index contributed by atoms with van der Waals surface area (Å²) in [6.07, 6.45) is 0. The molecule has 0 heteroatoms. The Bertz CT molecular complexity index is 1430. The summed E-state index contributed by atoms with van der Waals surface area (Å²) < 4.78 is 0. The van der Waals surface area contributed by atoms with Gasteiger partial charge in [-0.3, -0.25) is 0 Å². The maximum atomic E-state index is 2.28. The lowest BCUT2D eigenvalue weighted by molar-refractivity contribution is 1.65. The van der Waals surface area contributed by atoms with Gasteiger partial charge in [-0.05, 0) is 54.6 Å². The van der Waals surface area contributed by atoms with E-state index in [4.69, 9.17) is 0 Å². The Balaban J connectivity index is 1.94. The molecule has 0 saturated carbocycles. The maximum Gasteiger partial charge on any atom is -0.000763 e. The summed E-state index contributed by atoms with van der Waals surface area (Å²) in [5.41, 5.74) is 5.23. The molecule has 0 nitrogen and oxygen atoms in total. The van der Waals surface area contributed by atoms with Crippen LogP contribution in [0.5, 0.6) is 0 Å². The molecule has 6 aromatic carbocycles. The summed E-state index contributed by atoms with van der Waals surface area (Å²) in [6, 6.07) is 39.3. The zero-order valence-electron chi connectivity index (χ0n) is 15.4. The lowest BCUT2D eigenvalue weighted by Gasteiger charge is -2.08. The third-order valence-corrected chi connectivity index (χ3v) is 5.81. The van der Waals surface area contributed by atoms with Gasteiger partial charge in [-0.2, -0.15) is 0 Å². The van der Waals surface area contributed by atoms with Gasteiger partial charge in [-0.15, -0.1) is 0 Å². The minimum absolute atomic E-state index is 1.27. The van der Waals surface area contributed by atoms with Crippen molar-refractivity contribution in [2.24, 2.45) is 0 Å². The largest absolute Gasteiger partial charge is 0.0622 e. The fourth-order valence-electron chi connectivity index (χ4n) is 4.71. The van der Waals surface area contributed by atoms with Gasteiger partial charge in [-0.25, -0.2) is 0 Å². The quantitative estimate of drug-likeness (QED) is 0.296. The van der Waals surface area contributed by atoms with Crippen LogP contribution in [0.3, 0.4) is 0 Å². The van der Waals surface area contributed by atoms with Gasteiger partial charge >= 0.3 is 0 Å². The van der Waals surface area contributed by atoms with Gasteiger partial charge in [0.05, 0.1) is 0 Å². The lowest BCUT2D eigenvalue weighted by atomic mass is 9.95. The predicted octanol–water partition coefficient (Wildman–Crippen LogP) is 7.92. The predicted molar refractivity (Wildman–Crippen MR) is 121 cm³/mol. The highest BCUT2D eigenvalue weighted by molar-refractivity contribution is 6.38. The van der Waals surface area contributed by atoms with Crippen LogP contribution in [-0.4, -0.2) is 0 Å². The zero-order chi connectivity index (χ0) is 18.5. The van der Waals surface area contributed by atoms with Gasteiger partial charge in [0.1, 0.15) is 0 Å². The second-order valence-electron chi connectivity index (χ2n) is 7.32. The molecule has 0 aliphatic carbocycles. The minimum atomic E-state index is 1.27. The molecule has 0 N–H and O–H groups in total. The summed E-state index contributed by atoms with van der Waals surface area (Å²) in [4.78, 5) is 0. The second kappa shape index (κ2) is 5.94. The van der Waals surface area contributed by atoms with E-state index < -0.39 is 0 Å². The molecule has 0 radical (unpaired) electrons. The molecule has 0 atom stereocenters. The van der Waals surface area contributed by atoms with E-state index in [2.05, 4.69) is 109 Å². The van der Waals surface area contributed by atoms with Crippen LogP contribution in [-0.2, 0) is 0 Å². The molecule has 0 saturated heterocycles. The van der Waals surface area contributed by atoms with Crippen LogP contribution in [0.4, 0.5) is 0 Å². The van der Waals surface area contributed by atoms with E-state index in [9.17, 15) is 0 Å². The monoisotopic (exact) mass is 354 g/mol. The van der Waals surface area contributed by atoms with Crippen molar-refractivity contribution in [1.82, 2.24) is 0 Å². The van der Waals surface area contributed by atoms with E-state index in [1.54, 1.807) is 0 Å². The molecule has 6 aromatic rings. The normalized spacial score (nSPS) is 11.6. The van der Waals surface area contributed by atoms with Gasteiger partial charge in [-0.1, -0.05) is 109 Å². The number of hydrogen-bond acceptors (Lipinski definition) is 0. The number of fused-ring (bicyclic) bond motifs is 3. The number of hydrogen-bond donors (Lipinski definition) is 0. The fourth-order valence-corrected chi connectivity index (χ4v) is 4.71. The van der Waals surface area contributed by atoms with Crippen LogP contribution in [0.2, 0.25) is 0 Å². The Morgan fingerprint density at radius 3 is 1.32 bits per heavy atom. The second-order valence-corrected chi connectivity index (χ2v) is 7.32. The molecular formula is C28H18. The lowest BCUT2D eigenvalue weighted by Crippen LogP contribution is -1.81. The highest BCUT2D eigenvalue weighted by Gasteiger charge is 2.23. The third kappa shape index (κ3) is 2.06. The molecule has 0 spiro atoms. The maximum absolute atomic E-state index is 2.28. The Kier molecular flexibility index (Phi) is 3.27. The molecule has 0 aromatic heterocycles. The Hall–Kier alpha value is -3.64. The average Bonchev–Trinajstić information content (AvgIpc) is 3.16. The molecule has 0 unspecified atom stereocenters. The summed E-state index contributed by atoms with van der Waals surface area (Å²) in [6.45, 7) is 0. The first kappa shape index (κ1) is 15.4. The van der Waals surface area contributed by atoms with Crippen molar-refractivity contribution in [3.05, 3.63) is 109 Å². The van der Waals surface area contributed by atoms with Gasteiger partial charge in [0.15, 0.2) is 0 Å². The summed E-state index contributed by atoms with van der Waals surface area (Å²) in [5.74, 6) is 0. The van der Waals surface area contributed by atoms with E-state index in [1.807, 2.05) is 0 Å². The first-order valence-electron chi connectivity index (χ1n) is 9.73. The molecule has 0 heterocycles. The first-order valence-corrected chi connectivity index (χ1v) is 9.73. The Morgan fingerprint density at radius 1 is 0.286 bits per heavy atom. The van der Waals surface area contributed by atoms with E-state index >= 15 is 0 Å². The topological polar surface area (TPSA) is 0 Å². The van der Waals surface area contributed by atoms with Crippen LogP contribution in [0.1, 0.15) is 0 Å². The van der Waals surface area contributed by atoms with Crippen molar-refractivity contribution in [3.63, 3.8) is 0 Å². The van der Waals surface area contributed by atoms with Gasteiger partial charge < -0.3 is 0 Å². The molecule has 0 fully saturated rings. The van der Waals surface area contributed by atoms with Crippen molar-refractivity contribution < 1.29 is 0 Å². The van der Waals surface area contributed by atoms with Crippen molar-refractivity contribution in [2.45, 2.75) is 0 Å². The van der Waals surface area contributed by atoms with Crippen molar-refractivity contribution in [2.75, 3.05) is 0 Å². The molecular weight excluding hydrogens is 336 g/mol. The molecule has 0 bridgehead atoms. The molecule has 0 aliphatic rings. The fraction of sp³-hybridized carbons (Fsp3) is 0. The highest BCUT2D eigenvalue weighted by atomic mass is 14.2. The molecule has 28 heavy (non-hydrogen) atoms. The third-order valence-electron chi connectivity index (χ3n) is 5.81. The summed E-state index contributed by atoms with van der Waals surface area (Å²) in [5, 5.41) is 8.10. The number of benzene rings is 3. The average molecular weight is 354 g/mol. The molecule has 6 rings (SSSR count). The van der Waals surface area contributed by atoms with Crippen molar-refractivity contribution >= 4 is 32.3 Å². The minimum Gasteiger partial charge on any atom is -0.0622 e. The first-order chi connectivity index (χ1) is 13.9. The van der Waals surface area contributed by atoms with E-state index in [0.29, 0.717) is 0 Å². The summed E-state index contributed by atoms with van der Waals surface area (Å²) >= 11 is 0. The number of rotatable bonds is 2. The smallest absolute Gasteiger partial charge is 0.000763 e. The van der Waals surface area contributed by atoms with E-state index in [-0.39, 0.29) is 0 Å². The van der Waals surface area contributed by atoms with E-state index in [1.165, 1.54) is 54.6 Å². The summed E-state index contributed by atoms with van der Waals surface area (Å²) in [7, 11) is 0. The molecule has 0 aliphatic heterocycles. The van der Waals surface area contributed by atoms with Crippen LogP contribution < -0.4 is 0 Å². The highest BCUT2D eigenvalue weighted by Crippen LogP contribution is 2.51. The van der Waals surface area contributed by atoms with Gasteiger partial charge in [0.2, 0.25) is 0 Å². The van der Waals surface area contributed by atoms with E-state index in [0.717, 1.165) is 0 Å². The van der Waals surface area contributed by atoms with Crippen LogP contribution in [0.15, 0.2) is 109 Å². The zero-order valence-corrected chi connectivity index (χ0v) is 15.4. The molecule has 130 valence electrons. The van der Waals surface area contributed by atoms with Crippen LogP contribution >= 0.6 is 0 Å². The van der Waals surface area contributed by atoms with Crippen molar-refractivity contribution in [3.8, 4) is 22.3 Å². The van der Waals surface area contributed by atoms with Crippen LogP contribution in [0, 0.1) is 0 Å². The van der Waals surface area contributed by atoms with Crippen molar-refractivity contribution in [1.29, 1.82) is 0 Å². The van der Waals surface area contributed by atoms with Gasteiger partial charge in [0.25, 0.3) is 0 Å². The SMILES string of the molecule is c1ccc(-c2c(-c3ccccc3)c3c4ccccc4c4ccccc2c43)cc1. The Labute approximate surface area is 164 Å². The van der Waals surface area contributed by atoms with Crippen LogP contribution in [0.25, 0.3) is 54.6 Å². The molecule has 0 amide bonds.